The van der Waals surface area contributed by atoms with Crippen LogP contribution in [0.5, 0.6) is 0 Å². The Morgan fingerprint density at radius 2 is 2.06 bits per heavy atom. The van der Waals surface area contributed by atoms with E-state index in [2.05, 4.69) is 0 Å². The summed E-state index contributed by atoms with van der Waals surface area (Å²) in [5.41, 5.74) is 5.06. The lowest BCUT2D eigenvalue weighted by molar-refractivity contribution is -0.158. The molecule has 1 heterocycles. The van der Waals surface area contributed by atoms with Crippen molar-refractivity contribution in [3.8, 4) is 0 Å². The zero-order chi connectivity index (χ0) is 13.2. The molecule has 0 aromatic heterocycles. The Morgan fingerprint density at radius 3 is 2.59 bits per heavy atom. The fourth-order valence-corrected chi connectivity index (χ4v) is 2.23. The van der Waals surface area contributed by atoms with Gasteiger partial charge in [0.15, 0.2) is 0 Å². The zero-order valence-corrected chi connectivity index (χ0v) is 11.2. The van der Waals surface area contributed by atoms with Gasteiger partial charge in [0.25, 0.3) is 0 Å². The molecule has 1 atom stereocenters. The van der Waals surface area contributed by atoms with Gasteiger partial charge in [-0.2, -0.15) is 0 Å². The highest BCUT2D eigenvalue weighted by Crippen LogP contribution is 2.22. The minimum Gasteiger partial charge on any atom is -0.342 e. The summed E-state index contributed by atoms with van der Waals surface area (Å²) in [7, 11) is 1.76. The molecule has 1 rings (SSSR count). The second kappa shape index (κ2) is 5.04. The van der Waals surface area contributed by atoms with Gasteiger partial charge < -0.3 is 15.5 Å². The van der Waals surface area contributed by atoms with Crippen molar-refractivity contribution in [3.63, 3.8) is 0 Å². The Labute approximate surface area is 103 Å². The topological polar surface area (TPSA) is 66.6 Å². The highest BCUT2D eigenvalue weighted by Gasteiger charge is 2.43. The van der Waals surface area contributed by atoms with E-state index in [1.54, 1.807) is 30.7 Å². The maximum atomic E-state index is 12.2. The number of amides is 2. The third-order valence-electron chi connectivity index (χ3n) is 3.39. The highest BCUT2D eigenvalue weighted by atomic mass is 16.2. The summed E-state index contributed by atoms with van der Waals surface area (Å²) < 4.78 is 0. The molecule has 98 valence electrons. The summed E-state index contributed by atoms with van der Waals surface area (Å²) in [5.74, 6) is -0.140. The van der Waals surface area contributed by atoms with Crippen LogP contribution in [-0.2, 0) is 9.59 Å². The third kappa shape index (κ3) is 2.60. The fraction of sp³-hybridized carbons (Fsp3) is 0.833. The molecule has 0 aliphatic carbocycles. The summed E-state index contributed by atoms with van der Waals surface area (Å²) in [6.07, 6.45) is 1.53. The van der Waals surface area contributed by atoms with Crippen molar-refractivity contribution in [2.75, 3.05) is 20.1 Å². The molecule has 0 spiro atoms. The van der Waals surface area contributed by atoms with Gasteiger partial charge in [-0.1, -0.05) is 13.3 Å². The van der Waals surface area contributed by atoms with Crippen LogP contribution in [0.2, 0.25) is 0 Å². The van der Waals surface area contributed by atoms with Gasteiger partial charge in [0.05, 0.1) is 6.04 Å². The number of hydrogen-bond donors (Lipinski definition) is 1. The van der Waals surface area contributed by atoms with Crippen LogP contribution in [0, 0.1) is 0 Å². The molecular formula is C12H23N3O2. The average molecular weight is 241 g/mol. The molecule has 5 nitrogen and oxygen atoms in total. The Balaban J connectivity index is 2.84. The lowest BCUT2D eigenvalue weighted by Gasteiger charge is -2.45. The molecular weight excluding hydrogens is 218 g/mol. The average Bonchev–Trinajstić information content (AvgIpc) is 2.26. The lowest BCUT2D eigenvalue weighted by atomic mass is 9.96. The molecule has 17 heavy (non-hydrogen) atoms. The lowest BCUT2D eigenvalue weighted by Crippen LogP contribution is -2.65. The minimum absolute atomic E-state index is 0.0270. The monoisotopic (exact) mass is 241 g/mol. The molecule has 1 aliphatic heterocycles. The van der Waals surface area contributed by atoms with E-state index in [1.165, 1.54) is 0 Å². The molecule has 5 heteroatoms. The van der Waals surface area contributed by atoms with E-state index in [0.717, 1.165) is 6.42 Å². The first-order valence-corrected chi connectivity index (χ1v) is 6.15. The van der Waals surface area contributed by atoms with Crippen LogP contribution in [0.4, 0.5) is 0 Å². The van der Waals surface area contributed by atoms with Gasteiger partial charge in [-0.15, -0.1) is 0 Å². The van der Waals surface area contributed by atoms with Crippen LogP contribution in [-0.4, -0.2) is 53.3 Å². The van der Waals surface area contributed by atoms with Crippen LogP contribution < -0.4 is 5.73 Å². The number of piperazine rings is 1. The zero-order valence-electron chi connectivity index (χ0n) is 11.2. The van der Waals surface area contributed by atoms with Crippen molar-refractivity contribution in [2.24, 2.45) is 5.73 Å². The molecule has 1 fully saturated rings. The number of nitrogens with two attached hydrogens (primary N) is 1. The third-order valence-corrected chi connectivity index (χ3v) is 3.39. The Hall–Kier alpha value is -1.10. The summed E-state index contributed by atoms with van der Waals surface area (Å²) in [4.78, 5) is 27.5. The molecule has 1 aliphatic rings. The largest absolute Gasteiger partial charge is 0.342 e. The van der Waals surface area contributed by atoms with Crippen molar-refractivity contribution in [2.45, 2.75) is 45.2 Å². The molecule has 2 amide bonds. The molecule has 0 aromatic rings. The smallest absolute Gasteiger partial charge is 0.247 e. The maximum Gasteiger partial charge on any atom is 0.247 e. The SMILES string of the molecule is CCC[C@H](N)C(=O)N1CCN(C)C(=O)C1(C)C. The van der Waals surface area contributed by atoms with Crippen LogP contribution in [0.1, 0.15) is 33.6 Å². The minimum atomic E-state index is -0.782. The van der Waals surface area contributed by atoms with E-state index in [0.29, 0.717) is 19.5 Å². The molecule has 0 radical (unpaired) electrons. The normalized spacial score (nSPS) is 21.6. The highest BCUT2D eigenvalue weighted by molar-refractivity contribution is 5.93. The number of hydrogen-bond acceptors (Lipinski definition) is 3. The van der Waals surface area contributed by atoms with Crippen molar-refractivity contribution >= 4 is 11.8 Å². The maximum absolute atomic E-state index is 12.2. The predicted octanol–water partition coefficient (Wildman–Crippen LogP) is 0.193. The number of rotatable bonds is 3. The Bertz CT molecular complexity index is 315. The Morgan fingerprint density at radius 1 is 1.47 bits per heavy atom. The molecule has 0 saturated carbocycles. The predicted molar refractivity (Wildman–Crippen MR) is 66.3 cm³/mol. The van der Waals surface area contributed by atoms with E-state index in [4.69, 9.17) is 5.73 Å². The first kappa shape index (κ1) is 14.0. The van der Waals surface area contributed by atoms with Gasteiger partial charge in [0, 0.05) is 20.1 Å². The molecule has 2 N–H and O–H groups in total. The van der Waals surface area contributed by atoms with Crippen LogP contribution in [0.15, 0.2) is 0 Å². The van der Waals surface area contributed by atoms with Crippen LogP contribution in [0.25, 0.3) is 0 Å². The molecule has 0 bridgehead atoms. The summed E-state index contributed by atoms with van der Waals surface area (Å²) in [5, 5.41) is 0. The quantitative estimate of drug-likeness (QED) is 0.767. The first-order chi connectivity index (χ1) is 7.82. The van der Waals surface area contributed by atoms with E-state index >= 15 is 0 Å². The standard InChI is InChI=1S/C12H23N3O2/c1-5-6-9(13)10(16)15-8-7-14(4)11(17)12(15,2)3/h9H,5-8,13H2,1-4H3/t9-/m0/s1. The van der Waals surface area contributed by atoms with Crippen molar-refractivity contribution in [1.82, 2.24) is 9.80 Å². The molecule has 0 aromatic carbocycles. The van der Waals surface area contributed by atoms with E-state index in [-0.39, 0.29) is 11.8 Å². The van der Waals surface area contributed by atoms with E-state index < -0.39 is 11.6 Å². The van der Waals surface area contributed by atoms with Crippen molar-refractivity contribution in [1.29, 1.82) is 0 Å². The second-order valence-electron chi connectivity index (χ2n) is 5.17. The van der Waals surface area contributed by atoms with Crippen molar-refractivity contribution < 1.29 is 9.59 Å². The van der Waals surface area contributed by atoms with Gasteiger partial charge >= 0.3 is 0 Å². The molecule has 0 unspecified atom stereocenters. The summed E-state index contributed by atoms with van der Waals surface area (Å²) in [6, 6.07) is -0.490. The number of nitrogens with zero attached hydrogens (tertiary/aromatic N) is 2. The van der Waals surface area contributed by atoms with E-state index in [9.17, 15) is 9.59 Å². The molecule has 1 saturated heterocycles. The van der Waals surface area contributed by atoms with Crippen LogP contribution >= 0.6 is 0 Å². The number of carbonyl (C=O) groups excluding carboxylic acids is 2. The summed E-state index contributed by atoms with van der Waals surface area (Å²) >= 11 is 0. The van der Waals surface area contributed by atoms with Gasteiger partial charge in [-0.3, -0.25) is 9.59 Å². The Kier molecular flexibility index (Phi) is 4.14. The first-order valence-electron chi connectivity index (χ1n) is 6.15. The van der Waals surface area contributed by atoms with Gasteiger partial charge in [0.1, 0.15) is 5.54 Å². The second-order valence-corrected chi connectivity index (χ2v) is 5.17. The number of carbonyl (C=O) groups is 2. The van der Waals surface area contributed by atoms with Gasteiger partial charge in [-0.25, -0.2) is 0 Å². The van der Waals surface area contributed by atoms with E-state index in [1.807, 2.05) is 6.92 Å². The van der Waals surface area contributed by atoms with Crippen LogP contribution in [0.3, 0.4) is 0 Å². The van der Waals surface area contributed by atoms with Crippen molar-refractivity contribution in [3.05, 3.63) is 0 Å². The van der Waals surface area contributed by atoms with Gasteiger partial charge in [-0.05, 0) is 20.3 Å². The fourth-order valence-electron chi connectivity index (χ4n) is 2.23. The summed E-state index contributed by atoms with van der Waals surface area (Å²) in [6.45, 7) is 6.69. The van der Waals surface area contributed by atoms with Gasteiger partial charge in [0.2, 0.25) is 11.8 Å². The number of likely N-dealkylation sites (N-methyl/N-ethyl adjacent to an activating group) is 1.